The van der Waals surface area contributed by atoms with E-state index in [-0.39, 0.29) is 23.6 Å². The van der Waals surface area contributed by atoms with Crippen LogP contribution in [-0.4, -0.2) is 12.6 Å². The first-order valence-corrected chi connectivity index (χ1v) is 9.16. The summed E-state index contributed by atoms with van der Waals surface area (Å²) in [6.07, 6.45) is 0. The fourth-order valence-electron chi connectivity index (χ4n) is 2.45. The minimum absolute atomic E-state index is 0.0325. The molecule has 1 heterocycles. The van der Waals surface area contributed by atoms with Crippen LogP contribution in [0.5, 0.6) is 0 Å². The number of halogens is 3. The third-order valence-corrected chi connectivity index (χ3v) is 6.13. The Bertz CT molecular complexity index is 814. The highest BCUT2D eigenvalue weighted by molar-refractivity contribution is 14.1. The molecule has 24 heavy (non-hydrogen) atoms. The van der Waals surface area contributed by atoms with Crippen LogP contribution in [0.15, 0.2) is 39.4 Å². The first-order chi connectivity index (χ1) is 11.3. The van der Waals surface area contributed by atoms with Gasteiger partial charge in [0, 0.05) is 13.1 Å². The summed E-state index contributed by atoms with van der Waals surface area (Å²) in [6, 6.07) is 5.51. The Morgan fingerprint density at radius 1 is 1.58 bits per heavy atom. The smallest absolute Gasteiger partial charge is 0.338 e. The molecule has 0 spiro atoms. The van der Waals surface area contributed by atoms with Crippen molar-refractivity contribution in [1.82, 2.24) is 0 Å². The molecular formula is C16H13BrClIN2O3. The lowest BCUT2D eigenvalue weighted by atomic mass is 9.83. The maximum atomic E-state index is 12.5. The third-order valence-electron chi connectivity index (χ3n) is 3.43. The molecule has 1 aliphatic rings. The molecule has 5 nitrogen and oxygen atoms in total. The molecule has 1 aromatic carbocycles. The van der Waals surface area contributed by atoms with Crippen LogP contribution in [0.3, 0.4) is 0 Å². The van der Waals surface area contributed by atoms with Gasteiger partial charge in [-0.25, -0.2) is 4.79 Å². The number of hydrogen-bond donors (Lipinski definition) is 1. The van der Waals surface area contributed by atoms with E-state index in [9.17, 15) is 10.1 Å². The molecule has 0 saturated carbocycles. The maximum Gasteiger partial charge on any atom is 0.338 e. The van der Waals surface area contributed by atoms with Crippen LogP contribution in [0.1, 0.15) is 25.3 Å². The second kappa shape index (κ2) is 7.76. The highest BCUT2D eigenvalue weighted by Gasteiger charge is 2.37. The van der Waals surface area contributed by atoms with Crippen LogP contribution in [0.25, 0.3) is 0 Å². The molecule has 1 aromatic rings. The molecule has 1 unspecified atom stereocenters. The minimum atomic E-state index is -0.718. The first-order valence-electron chi connectivity index (χ1n) is 6.91. The third kappa shape index (κ3) is 3.55. The van der Waals surface area contributed by atoms with E-state index in [1.54, 1.807) is 26.0 Å². The normalized spacial score (nSPS) is 17.4. The molecule has 0 aliphatic carbocycles. The SMILES string of the molecule is CCOC(=O)C1=C(C)OC(N)=C(C#N)C1c1cc(Cl)cc(I)c1Br. The minimum Gasteiger partial charge on any atom is -0.463 e. The van der Waals surface area contributed by atoms with Crippen molar-refractivity contribution in [3.63, 3.8) is 0 Å². The number of hydrogen-bond acceptors (Lipinski definition) is 5. The van der Waals surface area contributed by atoms with Gasteiger partial charge < -0.3 is 15.2 Å². The summed E-state index contributed by atoms with van der Waals surface area (Å²) in [7, 11) is 0. The van der Waals surface area contributed by atoms with Crippen molar-refractivity contribution in [2.24, 2.45) is 5.73 Å². The number of nitrogens with zero attached hydrogens (tertiary/aromatic N) is 1. The van der Waals surface area contributed by atoms with Crippen LogP contribution in [0, 0.1) is 14.9 Å². The van der Waals surface area contributed by atoms with E-state index in [1.165, 1.54) is 0 Å². The first kappa shape index (κ1) is 19.1. The molecule has 0 bridgehead atoms. The standard InChI is InChI=1S/C16H13BrClIN2O3/c1-3-23-16(22)12-7(2)24-15(21)10(6-20)13(12)9-4-8(18)5-11(19)14(9)17/h4-5,13H,3,21H2,1-2H3. The van der Waals surface area contributed by atoms with Gasteiger partial charge in [-0.3, -0.25) is 0 Å². The highest BCUT2D eigenvalue weighted by atomic mass is 127. The zero-order valence-corrected chi connectivity index (χ0v) is 17.3. The lowest BCUT2D eigenvalue weighted by Crippen LogP contribution is -2.26. The van der Waals surface area contributed by atoms with Crippen molar-refractivity contribution in [3.05, 3.63) is 53.6 Å². The Morgan fingerprint density at radius 3 is 2.83 bits per heavy atom. The number of allylic oxidation sites excluding steroid dienone is 2. The lowest BCUT2D eigenvalue weighted by molar-refractivity contribution is -0.139. The number of ether oxygens (including phenoxy) is 2. The van der Waals surface area contributed by atoms with E-state index in [0.717, 1.165) is 8.04 Å². The number of esters is 1. The van der Waals surface area contributed by atoms with Crippen LogP contribution in [0.4, 0.5) is 0 Å². The van der Waals surface area contributed by atoms with Gasteiger partial charge in [-0.05, 0) is 70.1 Å². The molecule has 2 rings (SSSR count). The molecule has 0 aromatic heterocycles. The molecule has 0 amide bonds. The second-order valence-corrected chi connectivity index (χ2v) is 7.30. The summed E-state index contributed by atoms with van der Waals surface area (Å²) in [5, 5.41) is 10.0. The Balaban J connectivity index is 2.75. The van der Waals surface area contributed by atoms with Gasteiger partial charge in [-0.1, -0.05) is 11.6 Å². The highest BCUT2D eigenvalue weighted by Crippen LogP contribution is 2.44. The van der Waals surface area contributed by atoms with Crippen molar-refractivity contribution in [2.75, 3.05) is 6.61 Å². The largest absolute Gasteiger partial charge is 0.463 e. The average Bonchev–Trinajstić information content (AvgIpc) is 2.50. The molecule has 2 N–H and O–H groups in total. The van der Waals surface area contributed by atoms with Crippen molar-refractivity contribution in [2.45, 2.75) is 19.8 Å². The zero-order valence-electron chi connectivity index (χ0n) is 12.8. The summed E-state index contributed by atoms with van der Waals surface area (Å²) in [5.74, 6) is -1.00. The number of carbonyl (C=O) groups excluding carboxylic acids is 1. The predicted octanol–water partition coefficient (Wildman–Crippen LogP) is 4.35. The van der Waals surface area contributed by atoms with Crippen molar-refractivity contribution in [1.29, 1.82) is 5.26 Å². The molecular weight excluding hydrogens is 510 g/mol. The number of nitriles is 1. The number of carbonyl (C=O) groups is 1. The summed E-state index contributed by atoms with van der Waals surface area (Å²) in [4.78, 5) is 12.5. The van der Waals surface area contributed by atoms with Gasteiger partial charge in [0.25, 0.3) is 0 Å². The molecule has 1 atom stereocenters. The van der Waals surface area contributed by atoms with Crippen LogP contribution in [-0.2, 0) is 14.3 Å². The summed E-state index contributed by atoms with van der Waals surface area (Å²) >= 11 is 11.8. The molecule has 0 radical (unpaired) electrons. The van der Waals surface area contributed by atoms with E-state index in [2.05, 4.69) is 38.5 Å². The zero-order chi connectivity index (χ0) is 18.0. The predicted molar refractivity (Wildman–Crippen MR) is 102 cm³/mol. The van der Waals surface area contributed by atoms with Gasteiger partial charge in [-0.15, -0.1) is 0 Å². The number of nitrogens with two attached hydrogens (primary N) is 1. The quantitative estimate of drug-likeness (QED) is 0.362. The van der Waals surface area contributed by atoms with Crippen LogP contribution < -0.4 is 5.73 Å². The average molecular weight is 524 g/mol. The Kier molecular flexibility index (Phi) is 6.17. The molecule has 8 heteroatoms. The van der Waals surface area contributed by atoms with Gasteiger partial charge in [0.15, 0.2) is 0 Å². The topological polar surface area (TPSA) is 85.3 Å². The molecule has 1 aliphatic heterocycles. The van der Waals surface area contributed by atoms with Crippen molar-refractivity contribution >= 4 is 56.1 Å². The molecule has 126 valence electrons. The fourth-order valence-corrected chi connectivity index (χ4v) is 3.97. The van der Waals surface area contributed by atoms with Gasteiger partial charge in [0.05, 0.1) is 18.1 Å². The van der Waals surface area contributed by atoms with Gasteiger partial charge in [0.2, 0.25) is 5.88 Å². The van der Waals surface area contributed by atoms with E-state index in [0.29, 0.717) is 16.3 Å². The molecule has 0 saturated heterocycles. The summed E-state index contributed by atoms with van der Waals surface area (Å²) in [6.45, 7) is 3.53. The Morgan fingerprint density at radius 2 is 2.25 bits per heavy atom. The second-order valence-electron chi connectivity index (χ2n) is 4.91. The summed E-state index contributed by atoms with van der Waals surface area (Å²) < 4.78 is 12.1. The number of rotatable bonds is 3. The Hall–Kier alpha value is -1.24. The number of benzene rings is 1. The van der Waals surface area contributed by atoms with E-state index < -0.39 is 11.9 Å². The summed E-state index contributed by atoms with van der Waals surface area (Å²) in [5.41, 5.74) is 6.90. The van der Waals surface area contributed by atoms with E-state index in [4.69, 9.17) is 26.8 Å². The Labute approximate surface area is 166 Å². The van der Waals surface area contributed by atoms with Gasteiger partial charge in [0.1, 0.15) is 17.4 Å². The fraction of sp³-hybridized carbons (Fsp3) is 0.250. The van der Waals surface area contributed by atoms with E-state index in [1.807, 2.05) is 6.07 Å². The molecule has 0 fully saturated rings. The van der Waals surface area contributed by atoms with Crippen molar-refractivity contribution in [3.8, 4) is 6.07 Å². The van der Waals surface area contributed by atoms with E-state index >= 15 is 0 Å². The lowest BCUT2D eigenvalue weighted by Gasteiger charge is -2.27. The van der Waals surface area contributed by atoms with Gasteiger partial charge >= 0.3 is 5.97 Å². The van der Waals surface area contributed by atoms with Crippen LogP contribution >= 0.6 is 50.1 Å². The van der Waals surface area contributed by atoms with Gasteiger partial charge in [-0.2, -0.15) is 5.26 Å². The van der Waals surface area contributed by atoms with Crippen molar-refractivity contribution < 1.29 is 14.3 Å². The van der Waals surface area contributed by atoms with Crippen LogP contribution in [0.2, 0.25) is 5.02 Å². The maximum absolute atomic E-state index is 12.5. The monoisotopic (exact) mass is 522 g/mol.